The van der Waals surface area contributed by atoms with Crippen molar-refractivity contribution in [2.75, 3.05) is 0 Å². The third-order valence-electron chi connectivity index (χ3n) is 2.45. The van der Waals surface area contributed by atoms with Gasteiger partial charge in [0, 0.05) is 0 Å². The van der Waals surface area contributed by atoms with Crippen LogP contribution in [0.15, 0.2) is 0 Å². The Bertz CT molecular complexity index is 119. The van der Waals surface area contributed by atoms with Crippen molar-refractivity contribution < 1.29 is 10.2 Å². The molecule has 0 aliphatic carbocycles. The van der Waals surface area contributed by atoms with Crippen LogP contribution in [0.4, 0.5) is 0 Å². The topological polar surface area (TPSA) is 40.5 Å². The van der Waals surface area contributed by atoms with E-state index < -0.39 is 11.7 Å². The van der Waals surface area contributed by atoms with E-state index in [0.717, 1.165) is 6.42 Å². The Kier molecular flexibility index (Phi) is 4.80. The van der Waals surface area contributed by atoms with Crippen molar-refractivity contribution in [1.29, 1.82) is 0 Å². The molecular formula is C10H22O2. The average molecular weight is 174 g/mol. The second kappa shape index (κ2) is 4.83. The highest BCUT2D eigenvalue weighted by Crippen LogP contribution is 2.19. The summed E-state index contributed by atoms with van der Waals surface area (Å²) in [5.74, 6) is 0.590. The summed E-state index contributed by atoms with van der Waals surface area (Å²) in [6, 6.07) is 0. The molecule has 0 aromatic heterocycles. The van der Waals surface area contributed by atoms with Gasteiger partial charge in [-0.2, -0.15) is 0 Å². The van der Waals surface area contributed by atoms with Gasteiger partial charge < -0.3 is 10.2 Å². The molecule has 2 atom stereocenters. The van der Waals surface area contributed by atoms with Gasteiger partial charge in [-0.3, -0.25) is 0 Å². The maximum absolute atomic E-state index is 9.65. The molecule has 0 amide bonds. The SMILES string of the molecule is CCC(C)(O)C(O)CCC(C)C. The summed E-state index contributed by atoms with van der Waals surface area (Å²) in [6.07, 6.45) is 1.69. The number of aliphatic hydroxyl groups excluding tert-OH is 1. The van der Waals surface area contributed by atoms with Crippen molar-refractivity contribution >= 4 is 0 Å². The second-order valence-electron chi connectivity index (χ2n) is 4.20. The van der Waals surface area contributed by atoms with E-state index in [9.17, 15) is 10.2 Å². The summed E-state index contributed by atoms with van der Waals surface area (Å²) in [4.78, 5) is 0. The summed E-state index contributed by atoms with van der Waals surface area (Å²) < 4.78 is 0. The first-order valence-corrected chi connectivity index (χ1v) is 4.80. The molecule has 12 heavy (non-hydrogen) atoms. The van der Waals surface area contributed by atoms with E-state index in [1.54, 1.807) is 6.92 Å². The molecule has 0 aromatic rings. The van der Waals surface area contributed by atoms with Gasteiger partial charge in [-0.15, -0.1) is 0 Å². The molecule has 0 aromatic carbocycles. The lowest BCUT2D eigenvalue weighted by Gasteiger charge is -2.28. The van der Waals surface area contributed by atoms with Crippen molar-refractivity contribution in [3.8, 4) is 0 Å². The zero-order valence-electron chi connectivity index (χ0n) is 8.67. The fourth-order valence-electron chi connectivity index (χ4n) is 1.04. The van der Waals surface area contributed by atoms with Crippen LogP contribution < -0.4 is 0 Å². The van der Waals surface area contributed by atoms with Crippen LogP contribution in [0.1, 0.15) is 47.0 Å². The minimum absolute atomic E-state index is 0.579. The zero-order chi connectivity index (χ0) is 9.78. The lowest BCUT2D eigenvalue weighted by molar-refractivity contribution is -0.0687. The Hall–Kier alpha value is -0.0800. The molecule has 0 fully saturated rings. The first-order valence-electron chi connectivity index (χ1n) is 4.80. The van der Waals surface area contributed by atoms with E-state index in [1.807, 2.05) is 6.92 Å². The third-order valence-corrected chi connectivity index (χ3v) is 2.45. The van der Waals surface area contributed by atoms with Gasteiger partial charge >= 0.3 is 0 Å². The molecule has 0 spiro atoms. The molecule has 2 N–H and O–H groups in total. The predicted molar refractivity (Wildman–Crippen MR) is 51.0 cm³/mol. The Morgan fingerprint density at radius 1 is 1.25 bits per heavy atom. The van der Waals surface area contributed by atoms with Crippen LogP contribution in [0, 0.1) is 5.92 Å². The maximum atomic E-state index is 9.65. The van der Waals surface area contributed by atoms with Crippen LogP contribution in [0.25, 0.3) is 0 Å². The van der Waals surface area contributed by atoms with Crippen molar-refractivity contribution in [3.63, 3.8) is 0 Å². The second-order valence-corrected chi connectivity index (χ2v) is 4.20. The van der Waals surface area contributed by atoms with E-state index in [0.29, 0.717) is 18.8 Å². The summed E-state index contributed by atoms with van der Waals surface area (Å²) in [7, 11) is 0. The van der Waals surface area contributed by atoms with E-state index in [4.69, 9.17) is 0 Å². The molecule has 0 aliphatic heterocycles. The molecule has 0 saturated heterocycles. The molecule has 0 rings (SSSR count). The van der Waals surface area contributed by atoms with Crippen molar-refractivity contribution in [3.05, 3.63) is 0 Å². The Balaban J connectivity index is 3.78. The smallest absolute Gasteiger partial charge is 0.0874 e. The van der Waals surface area contributed by atoms with Crippen LogP contribution in [-0.4, -0.2) is 21.9 Å². The van der Waals surface area contributed by atoms with Crippen LogP contribution in [0.3, 0.4) is 0 Å². The summed E-state index contributed by atoms with van der Waals surface area (Å²) >= 11 is 0. The largest absolute Gasteiger partial charge is 0.390 e. The van der Waals surface area contributed by atoms with Gasteiger partial charge in [-0.1, -0.05) is 20.8 Å². The van der Waals surface area contributed by atoms with Gasteiger partial charge in [0.1, 0.15) is 0 Å². The van der Waals surface area contributed by atoms with Crippen LogP contribution >= 0.6 is 0 Å². The quantitative estimate of drug-likeness (QED) is 0.668. The van der Waals surface area contributed by atoms with Crippen molar-refractivity contribution in [2.45, 2.75) is 58.7 Å². The summed E-state index contributed by atoms with van der Waals surface area (Å²) in [6.45, 7) is 7.82. The van der Waals surface area contributed by atoms with E-state index in [1.165, 1.54) is 0 Å². The minimum Gasteiger partial charge on any atom is -0.390 e. The molecule has 2 unspecified atom stereocenters. The highest BCUT2D eigenvalue weighted by atomic mass is 16.3. The number of aliphatic hydroxyl groups is 2. The molecule has 2 nitrogen and oxygen atoms in total. The van der Waals surface area contributed by atoms with Crippen molar-refractivity contribution in [1.82, 2.24) is 0 Å². The predicted octanol–water partition coefficient (Wildman–Crippen LogP) is 1.94. The number of rotatable bonds is 5. The van der Waals surface area contributed by atoms with Crippen LogP contribution in [-0.2, 0) is 0 Å². The Morgan fingerprint density at radius 3 is 2.08 bits per heavy atom. The fraction of sp³-hybridized carbons (Fsp3) is 1.00. The molecule has 74 valence electrons. The lowest BCUT2D eigenvalue weighted by Crippen LogP contribution is -2.38. The Morgan fingerprint density at radius 2 is 1.75 bits per heavy atom. The molecule has 0 aliphatic rings. The van der Waals surface area contributed by atoms with Gasteiger partial charge in [-0.25, -0.2) is 0 Å². The minimum atomic E-state index is -0.908. The normalized spacial score (nSPS) is 19.2. The maximum Gasteiger partial charge on any atom is 0.0874 e. The van der Waals surface area contributed by atoms with Gasteiger partial charge in [0.05, 0.1) is 11.7 Å². The molecule has 0 radical (unpaired) electrons. The highest BCUT2D eigenvalue weighted by Gasteiger charge is 2.27. The molecule has 0 saturated carbocycles. The standard InChI is InChI=1S/C10H22O2/c1-5-10(4,12)9(11)7-6-8(2)3/h8-9,11-12H,5-7H2,1-4H3. The van der Waals surface area contributed by atoms with E-state index in [2.05, 4.69) is 13.8 Å². The van der Waals surface area contributed by atoms with Gasteiger partial charge in [0.2, 0.25) is 0 Å². The van der Waals surface area contributed by atoms with Gasteiger partial charge in [-0.05, 0) is 32.1 Å². The van der Waals surface area contributed by atoms with Crippen molar-refractivity contribution in [2.24, 2.45) is 5.92 Å². The number of hydrogen-bond acceptors (Lipinski definition) is 2. The third kappa shape index (κ3) is 4.07. The van der Waals surface area contributed by atoms with E-state index >= 15 is 0 Å². The molecule has 0 bridgehead atoms. The summed E-state index contributed by atoms with van der Waals surface area (Å²) in [5, 5.41) is 19.2. The van der Waals surface area contributed by atoms with Crippen LogP contribution in [0.2, 0.25) is 0 Å². The average Bonchev–Trinajstić information content (AvgIpc) is 2.00. The first kappa shape index (κ1) is 11.9. The molecular weight excluding hydrogens is 152 g/mol. The molecule has 0 heterocycles. The van der Waals surface area contributed by atoms with Gasteiger partial charge in [0.25, 0.3) is 0 Å². The highest BCUT2D eigenvalue weighted by molar-refractivity contribution is 4.79. The Labute approximate surface area is 75.6 Å². The van der Waals surface area contributed by atoms with Gasteiger partial charge in [0.15, 0.2) is 0 Å². The zero-order valence-corrected chi connectivity index (χ0v) is 8.67. The monoisotopic (exact) mass is 174 g/mol. The fourth-order valence-corrected chi connectivity index (χ4v) is 1.04. The van der Waals surface area contributed by atoms with Crippen LogP contribution in [0.5, 0.6) is 0 Å². The summed E-state index contributed by atoms with van der Waals surface area (Å²) in [5.41, 5.74) is -0.908. The first-order chi connectivity index (χ1) is 5.40. The lowest BCUT2D eigenvalue weighted by atomic mass is 9.91. The van der Waals surface area contributed by atoms with E-state index in [-0.39, 0.29) is 0 Å². The number of hydrogen-bond donors (Lipinski definition) is 2. The molecule has 2 heteroatoms.